The number of hydrogen-bond donors (Lipinski definition) is 4. The van der Waals surface area contributed by atoms with Crippen LogP contribution in [-0.4, -0.2) is 42.3 Å². The fraction of sp³-hybridized carbons (Fsp3) is 0.242. The second-order valence-corrected chi connectivity index (χ2v) is 11.5. The van der Waals surface area contributed by atoms with Crippen molar-refractivity contribution in [2.24, 2.45) is 0 Å². The molecule has 7 heteroatoms. The van der Waals surface area contributed by atoms with Gasteiger partial charge in [0.05, 0.1) is 6.20 Å². The number of H-pyrrole nitrogens is 1. The Morgan fingerprint density at radius 1 is 0.975 bits per heavy atom. The van der Waals surface area contributed by atoms with Gasteiger partial charge in [0, 0.05) is 74.4 Å². The van der Waals surface area contributed by atoms with Crippen LogP contribution in [0.2, 0.25) is 0 Å². The first kappa shape index (κ1) is 24.9. The number of thiophene rings is 1. The van der Waals surface area contributed by atoms with E-state index < -0.39 is 0 Å². The molecule has 4 N–H and O–H groups in total. The maximum absolute atomic E-state index is 6.26. The van der Waals surface area contributed by atoms with Gasteiger partial charge in [-0.2, -0.15) is 0 Å². The maximum atomic E-state index is 6.26. The number of nitrogens with zero attached hydrogens (tertiary/aromatic N) is 1. The van der Waals surface area contributed by atoms with Gasteiger partial charge in [0.1, 0.15) is 11.9 Å². The van der Waals surface area contributed by atoms with E-state index in [0.717, 1.165) is 72.9 Å². The van der Waals surface area contributed by atoms with E-state index >= 15 is 0 Å². The molecule has 3 aliphatic heterocycles. The van der Waals surface area contributed by atoms with Gasteiger partial charge in [-0.05, 0) is 80.2 Å². The van der Waals surface area contributed by atoms with Crippen molar-refractivity contribution in [3.05, 3.63) is 107 Å². The Bertz CT molecular complexity index is 1670. The highest BCUT2D eigenvalue weighted by molar-refractivity contribution is 7.13. The van der Waals surface area contributed by atoms with Crippen molar-refractivity contribution in [2.45, 2.75) is 25.9 Å². The van der Waals surface area contributed by atoms with E-state index in [0.29, 0.717) is 0 Å². The Balaban J connectivity index is 1.19. The first-order chi connectivity index (χ1) is 19.7. The van der Waals surface area contributed by atoms with Gasteiger partial charge in [-0.25, -0.2) is 0 Å². The Labute approximate surface area is 238 Å². The van der Waals surface area contributed by atoms with Crippen molar-refractivity contribution in [3.8, 4) is 16.2 Å². The molecule has 0 aliphatic carbocycles. The molecule has 0 unspecified atom stereocenters. The predicted molar refractivity (Wildman–Crippen MR) is 165 cm³/mol. The molecule has 0 spiro atoms. The Morgan fingerprint density at radius 3 is 2.75 bits per heavy atom. The number of fused-ring (bicyclic) bond motifs is 2. The van der Waals surface area contributed by atoms with Gasteiger partial charge >= 0.3 is 0 Å². The van der Waals surface area contributed by atoms with Crippen LogP contribution in [0.25, 0.3) is 32.6 Å². The van der Waals surface area contributed by atoms with E-state index in [1.165, 1.54) is 32.5 Å². The highest BCUT2D eigenvalue weighted by Crippen LogP contribution is 2.38. The summed E-state index contributed by atoms with van der Waals surface area (Å²) in [5.41, 5.74) is 10.6. The largest absolute Gasteiger partial charge is 0.489 e. The van der Waals surface area contributed by atoms with Crippen molar-refractivity contribution in [1.82, 2.24) is 25.9 Å². The smallest absolute Gasteiger partial charge is 0.138 e. The van der Waals surface area contributed by atoms with Gasteiger partial charge in [0.2, 0.25) is 0 Å². The molecule has 0 atom stereocenters. The SMILES string of the molecule is CC1=C2C(c3cc4c(-c5cccs5)cccc4[nH]3)=CCN/C2=C/C=C(/c2cncc(OC3CCNCC3)c2)NC1. The molecule has 202 valence electrons. The zero-order valence-electron chi connectivity index (χ0n) is 22.6. The Hall–Kier alpha value is -4.07. The van der Waals surface area contributed by atoms with Crippen molar-refractivity contribution >= 4 is 33.5 Å². The Morgan fingerprint density at radius 2 is 1.88 bits per heavy atom. The van der Waals surface area contributed by atoms with Crippen LogP contribution in [0.5, 0.6) is 5.75 Å². The molecule has 0 saturated carbocycles. The third-order valence-corrected chi connectivity index (χ3v) is 8.78. The average molecular weight is 548 g/mol. The van der Waals surface area contributed by atoms with Crippen molar-refractivity contribution in [2.75, 3.05) is 26.2 Å². The molecule has 1 aromatic carbocycles. The second kappa shape index (κ2) is 10.8. The number of pyridine rings is 1. The number of allylic oxidation sites excluding steroid dienone is 3. The predicted octanol–water partition coefficient (Wildman–Crippen LogP) is 6.25. The summed E-state index contributed by atoms with van der Waals surface area (Å²) in [5, 5.41) is 14.1. The van der Waals surface area contributed by atoms with Crippen LogP contribution < -0.4 is 20.7 Å². The van der Waals surface area contributed by atoms with E-state index in [4.69, 9.17) is 4.74 Å². The summed E-state index contributed by atoms with van der Waals surface area (Å²) < 4.78 is 6.26. The molecule has 3 aromatic heterocycles. The monoisotopic (exact) mass is 547 g/mol. The quantitative estimate of drug-likeness (QED) is 0.238. The molecule has 7 rings (SSSR count). The lowest BCUT2D eigenvalue weighted by Gasteiger charge is -2.26. The maximum Gasteiger partial charge on any atom is 0.138 e. The summed E-state index contributed by atoms with van der Waals surface area (Å²) in [7, 11) is 0. The van der Waals surface area contributed by atoms with E-state index in [1.54, 1.807) is 11.3 Å². The number of rotatable bonds is 5. The minimum Gasteiger partial charge on any atom is -0.489 e. The molecular weight excluding hydrogens is 514 g/mol. The molecule has 0 amide bonds. The van der Waals surface area contributed by atoms with Crippen molar-refractivity contribution in [3.63, 3.8) is 0 Å². The first-order valence-electron chi connectivity index (χ1n) is 14.0. The lowest BCUT2D eigenvalue weighted by atomic mass is 9.90. The molecule has 3 aliphatic rings. The lowest BCUT2D eigenvalue weighted by molar-refractivity contribution is 0.162. The van der Waals surface area contributed by atoms with Gasteiger partial charge < -0.3 is 25.7 Å². The number of aromatic amines is 1. The fourth-order valence-corrected chi connectivity index (χ4v) is 6.63. The van der Waals surface area contributed by atoms with Gasteiger partial charge in [0.15, 0.2) is 0 Å². The summed E-state index contributed by atoms with van der Waals surface area (Å²) in [4.78, 5) is 9.50. The number of ether oxygens (including phenoxy) is 1. The van der Waals surface area contributed by atoms with Crippen LogP contribution in [0.1, 0.15) is 31.0 Å². The third-order valence-electron chi connectivity index (χ3n) is 7.88. The molecule has 4 aromatic rings. The van der Waals surface area contributed by atoms with Gasteiger partial charge in [-0.15, -0.1) is 11.3 Å². The number of aromatic nitrogens is 2. The summed E-state index contributed by atoms with van der Waals surface area (Å²) in [6.45, 7) is 5.74. The Kier molecular flexibility index (Phi) is 6.75. The minimum atomic E-state index is 0.245. The fourth-order valence-electron chi connectivity index (χ4n) is 5.87. The summed E-state index contributed by atoms with van der Waals surface area (Å²) in [6, 6.07) is 15.2. The van der Waals surface area contributed by atoms with Gasteiger partial charge in [0.25, 0.3) is 0 Å². The van der Waals surface area contributed by atoms with E-state index in [9.17, 15) is 0 Å². The molecule has 40 heavy (non-hydrogen) atoms. The summed E-state index contributed by atoms with van der Waals surface area (Å²) >= 11 is 1.78. The molecule has 1 saturated heterocycles. The molecule has 0 radical (unpaired) electrons. The van der Waals surface area contributed by atoms with Crippen LogP contribution in [0.3, 0.4) is 0 Å². The van der Waals surface area contributed by atoms with Crippen LogP contribution in [-0.2, 0) is 0 Å². The zero-order chi connectivity index (χ0) is 26.9. The van der Waals surface area contributed by atoms with E-state index in [1.807, 2.05) is 12.4 Å². The van der Waals surface area contributed by atoms with Crippen LogP contribution >= 0.6 is 11.3 Å². The number of piperidine rings is 1. The highest BCUT2D eigenvalue weighted by atomic mass is 32.1. The standard InChI is InChI=1S/C33H33N5OS/c1-21-18-37-28(22-16-24(20-35-19-22)39-23-9-12-34-13-10-23)7-8-30-33(21)26(11-14-36-30)31-17-27-25(32-6-3-15-40-32)4-2-5-29(27)38-31/h2-8,11,15-17,19-20,23,34,36-38H,9-10,12-14,18H2,1H3/b28-7-,30-8+,33-21?. The van der Waals surface area contributed by atoms with Crippen LogP contribution in [0.4, 0.5) is 0 Å². The molecule has 1 fully saturated rings. The molecule has 0 bridgehead atoms. The summed E-state index contributed by atoms with van der Waals surface area (Å²) in [6.07, 6.45) is 12.7. The lowest BCUT2D eigenvalue weighted by Crippen LogP contribution is -2.34. The van der Waals surface area contributed by atoms with Gasteiger partial charge in [-0.3, -0.25) is 4.98 Å². The van der Waals surface area contributed by atoms with E-state index in [-0.39, 0.29) is 6.10 Å². The zero-order valence-corrected chi connectivity index (χ0v) is 23.4. The normalized spacial score (nSPS) is 20.7. The van der Waals surface area contributed by atoms with E-state index in [2.05, 4.69) is 98.9 Å². The minimum absolute atomic E-state index is 0.245. The first-order valence-corrected chi connectivity index (χ1v) is 14.9. The number of benzene rings is 1. The average Bonchev–Trinajstić information content (AvgIpc) is 3.67. The van der Waals surface area contributed by atoms with Crippen molar-refractivity contribution < 1.29 is 4.74 Å². The number of nitrogens with one attached hydrogen (secondary N) is 4. The summed E-state index contributed by atoms with van der Waals surface area (Å²) in [5.74, 6) is 0.830. The molecular formula is C33H33N5OS. The highest BCUT2D eigenvalue weighted by Gasteiger charge is 2.23. The topological polar surface area (TPSA) is 74.0 Å². The second-order valence-electron chi connectivity index (χ2n) is 10.6. The van der Waals surface area contributed by atoms with Crippen molar-refractivity contribution in [1.29, 1.82) is 0 Å². The van der Waals surface area contributed by atoms with Crippen LogP contribution in [0.15, 0.2) is 95.3 Å². The third kappa shape index (κ3) is 4.87. The molecule has 6 heterocycles. The molecule has 6 nitrogen and oxygen atoms in total. The number of hydrogen-bond acceptors (Lipinski definition) is 6. The van der Waals surface area contributed by atoms with Gasteiger partial charge in [-0.1, -0.05) is 24.3 Å². The van der Waals surface area contributed by atoms with Crippen LogP contribution in [0, 0.1) is 0 Å².